The predicted molar refractivity (Wildman–Crippen MR) is 83.6 cm³/mol. The van der Waals surface area contributed by atoms with Gasteiger partial charge in [-0.1, -0.05) is 65.8 Å². The lowest BCUT2D eigenvalue weighted by atomic mass is 9.79. The lowest BCUT2D eigenvalue weighted by Crippen LogP contribution is -2.16. The van der Waals surface area contributed by atoms with Gasteiger partial charge in [-0.2, -0.15) is 0 Å². The summed E-state index contributed by atoms with van der Waals surface area (Å²) in [7, 11) is 0. The van der Waals surface area contributed by atoms with Crippen molar-refractivity contribution in [3.05, 3.63) is 41.0 Å². The maximum Gasteiger partial charge on any atom is 0.152 e. The van der Waals surface area contributed by atoms with Crippen molar-refractivity contribution < 1.29 is 4.79 Å². The largest absolute Gasteiger partial charge is 0.295 e. The number of ketones is 1. The quantitative estimate of drug-likeness (QED) is 0.691. The molecule has 104 valence electrons. The second kappa shape index (κ2) is 5.32. The number of carbonyl (C=O) groups excluding carboxylic acids is 1. The van der Waals surface area contributed by atoms with Crippen molar-refractivity contribution in [1.82, 2.24) is 0 Å². The van der Waals surface area contributed by atoms with Gasteiger partial charge in [0.05, 0.1) is 0 Å². The Morgan fingerprint density at radius 1 is 0.895 bits per heavy atom. The fourth-order valence-corrected chi connectivity index (χ4v) is 1.83. The standard InChI is InChI=1S/C18H26O/c1-13(19)8-9-14-10-15(17(2,3)4)12-16(11-14)18(5,6)7/h8-12H,1-7H3/b9-8+. The minimum atomic E-state index is 0.0819. The Hall–Kier alpha value is -1.37. The molecule has 0 aliphatic carbocycles. The Morgan fingerprint density at radius 3 is 1.63 bits per heavy atom. The number of allylic oxidation sites excluding steroid dienone is 1. The van der Waals surface area contributed by atoms with Crippen molar-refractivity contribution in [2.45, 2.75) is 59.3 Å². The molecule has 19 heavy (non-hydrogen) atoms. The molecule has 0 aliphatic rings. The van der Waals surface area contributed by atoms with Crippen LogP contribution in [0.2, 0.25) is 0 Å². The van der Waals surface area contributed by atoms with Crippen molar-refractivity contribution in [3.8, 4) is 0 Å². The summed E-state index contributed by atoms with van der Waals surface area (Å²) in [4.78, 5) is 11.1. The van der Waals surface area contributed by atoms with Crippen LogP contribution in [0.4, 0.5) is 0 Å². The van der Waals surface area contributed by atoms with Crippen LogP contribution in [0.5, 0.6) is 0 Å². The van der Waals surface area contributed by atoms with Gasteiger partial charge in [0.1, 0.15) is 0 Å². The highest BCUT2D eigenvalue weighted by Crippen LogP contribution is 2.30. The fraction of sp³-hybridized carbons (Fsp3) is 0.500. The molecular formula is C18H26O. The van der Waals surface area contributed by atoms with E-state index < -0.39 is 0 Å². The number of carbonyl (C=O) groups is 1. The number of hydrogen-bond acceptors (Lipinski definition) is 1. The molecule has 1 rings (SSSR count). The lowest BCUT2D eigenvalue weighted by molar-refractivity contribution is -0.112. The zero-order valence-corrected chi connectivity index (χ0v) is 13.3. The van der Waals surface area contributed by atoms with Gasteiger partial charge in [-0.15, -0.1) is 0 Å². The average molecular weight is 258 g/mol. The second-order valence-electron chi connectivity index (χ2n) is 7.29. The summed E-state index contributed by atoms with van der Waals surface area (Å²) in [5.74, 6) is 0.0819. The third-order valence-corrected chi connectivity index (χ3v) is 3.20. The molecule has 0 fully saturated rings. The Kier molecular flexibility index (Phi) is 4.39. The van der Waals surface area contributed by atoms with E-state index in [1.165, 1.54) is 11.1 Å². The summed E-state index contributed by atoms with van der Waals surface area (Å²) in [6.07, 6.45) is 3.54. The highest BCUT2D eigenvalue weighted by Gasteiger charge is 2.19. The topological polar surface area (TPSA) is 17.1 Å². The van der Waals surface area contributed by atoms with Crippen molar-refractivity contribution in [1.29, 1.82) is 0 Å². The van der Waals surface area contributed by atoms with E-state index in [1.54, 1.807) is 13.0 Å². The van der Waals surface area contributed by atoms with Crippen molar-refractivity contribution >= 4 is 11.9 Å². The van der Waals surface area contributed by atoms with Gasteiger partial charge in [0.15, 0.2) is 5.78 Å². The molecule has 0 aliphatic heterocycles. The van der Waals surface area contributed by atoms with Crippen LogP contribution in [0.1, 0.15) is 65.2 Å². The molecule has 0 aromatic heterocycles. The Bertz CT molecular complexity index is 461. The number of benzene rings is 1. The summed E-state index contributed by atoms with van der Waals surface area (Å²) in [6, 6.07) is 6.63. The first kappa shape index (κ1) is 15.7. The van der Waals surface area contributed by atoms with Crippen molar-refractivity contribution in [2.24, 2.45) is 0 Å². The molecular weight excluding hydrogens is 232 g/mol. The first-order chi connectivity index (χ1) is 8.50. The van der Waals surface area contributed by atoms with Crippen molar-refractivity contribution in [3.63, 3.8) is 0 Å². The highest BCUT2D eigenvalue weighted by atomic mass is 16.1. The second-order valence-corrected chi connectivity index (χ2v) is 7.29. The normalized spacial score (nSPS) is 13.0. The maximum absolute atomic E-state index is 11.1. The fourth-order valence-electron chi connectivity index (χ4n) is 1.83. The molecule has 0 amide bonds. The number of rotatable bonds is 2. The smallest absolute Gasteiger partial charge is 0.152 e. The molecule has 1 nitrogen and oxygen atoms in total. The van der Waals surface area contributed by atoms with Gasteiger partial charge in [0.2, 0.25) is 0 Å². The summed E-state index contributed by atoms with van der Waals surface area (Å²) in [5.41, 5.74) is 3.94. The molecule has 0 saturated carbocycles. The zero-order valence-electron chi connectivity index (χ0n) is 13.3. The van der Waals surface area contributed by atoms with Crippen LogP contribution in [0.3, 0.4) is 0 Å². The predicted octanol–water partition coefficient (Wildman–Crippen LogP) is 4.88. The van der Waals surface area contributed by atoms with Gasteiger partial charge in [0, 0.05) is 0 Å². The molecule has 0 bridgehead atoms. The van der Waals surface area contributed by atoms with Crippen LogP contribution in [0.15, 0.2) is 24.3 Å². The van der Waals surface area contributed by atoms with Crippen LogP contribution in [0, 0.1) is 0 Å². The summed E-state index contributed by atoms with van der Waals surface area (Å²) < 4.78 is 0. The molecule has 0 saturated heterocycles. The van der Waals surface area contributed by atoms with E-state index in [4.69, 9.17) is 0 Å². The van der Waals surface area contributed by atoms with Gasteiger partial charge < -0.3 is 0 Å². The van der Waals surface area contributed by atoms with E-state index in [9.17, 15) is 4.79 Å². The minimum Gasteiger partial charge on any atom is -0.295 e. The van der Waals surface area contributed by atoms with Gasteiger partial charge in [0.25, 0.3) is 0 Å². The Balaban J connectivity index is 3.37. The zero-order chi connectivity index (χ0) is 14.8. The molecule has 0 unspecified atom stereocenters. The van der Waals surface area contributed by atoms with Gasteiger partial charge in [-0.3, -0.25) is 4.79 Å². The van der Waals surface area contributed by atoms with E-state index >= 15 is 0 Å². The first-order valence-corrected chi connectivity index (χ1v) is 6.85. The molecule has 0 radical (unpaired) electrons. The van der Waals surface area contributed by atoms with Gasteiger partial charge in [-0.25, -0.2) is 0 Å². The molecule has 1 aromatic carbocycles. The Morgan fingerprint density at radius 2 is 1.32 bits per heavy atom. The van der Waals surface area contributed by atoms with Crippen molar-refractivity contribution in [2.75, 3.05) is 0 Å². The molecule has 1 aromatic rings. The van der Waals surface area contributed by atoms with Crippen LogP contribution >= 0.6 is 0 Å². The number of hydrogen-bond donors (Lipinski definition) is 0. The van der Waals surface area contributed by atoms with E-state index in [-0.39, 0.29) is 16.6 Å². The van der Waals surface area contributed by atoms with E-state index in [0.717, 1.165) is 5.56 Å². The van der Waals surface area contributed by atoms with Gasteiger partial charge in [-0.05, 0) is 40.5 Å². The third-order valence-electron chi connectivity index (χ3n) is 3.20. The SMILES string of the molecule is CC(=O)/C=C/c1cc(C(C)(C)C)cc(C(C)(C)C)c1. The van der Waals surface area contributed by atoms with E-state index in [2.05, 4.69) is 59.7 Å². The van der Waals surface area contributed by atoms with E-state index in [1.807, 2.05) is 6.08 Å². The monoisotopic (exact) mass is 258 g/mol. The lowest BCUT2D eigenvalue weighted by Gasteiger charge is -2.25. The summed E-state index contributed by atoms with van der Waals surface area (Å²) >= 11 is 0. The first-order valence-electron chi connectivity index (χ1n) is 6.85. The van der Waals surface area contributed by atoms with Crippen LogP contribution in [0.25, 0.3) is 6.08 Å². The third kappa shape index (κ3) is 4.66. The molecule has 1 heteroatoms. The maximum atomic E-state index is 11.1. The Labute approximate surface area is 117 Å². The molecule has 0 N–H and O–H groups in total. The van der Waals surface area contributed by atoms with Gasteiger partial charge >= 0.3 is 0 Å². The van der Waals surface area contributed by atoms with E-state index in [0.29, 0.717) is 0 Å². The molecule has 0 heterocycles. The summed E-state index contributed by atoms with van der Waals surface area (Å²) in [6.45, 7) is 14.9. The molecule has 0 atom stereocenters. The summed E-state index contributed by atoms with van der Waals surface area (Å²) in [5, 5.41) is 0. The van der Waals surface area contributed by atoms with Crippen LogP contribution in [-0.2, 0) is 15.6 Å². The van der Waals surface area contributed by atoms with Crippen LogP contribution < -0.4 is 0 Å². The molecule has 0 spiro atoms. The highest BCUT2D eigenvalue weighted by molar-refractivity contribution is 5.91. The minimum absolute atomic E-state index is 0.0819. The van der Waals surface area contributed by atoms with Crippen LogP contribution in [-0.4, -0.2) is 5.78 Å². The average Bonchev–Trinajstić information content (AvgIpc) is 2.23.